The van der Waals surface area contributed by atoms with Crippen molar-refractivity contribution in [1.82, 2.24) is 9.97 Å². The monoisotopic (exact) mass is 182 g/mol. The van der Waals surface area contributed by atoms with E-state index in [1.165, 1.54) is 0 Å². The molecule has 0 aliphatic carbocycles. The van der Waals surface area contributed by atoms with Gasteiger partial charge in [-0.05, 0) is 24.3 Å². The van der Waals surface area contributed by atoms with E-state index in [9.17, 15) is 0 Å². The zero-order valence-electron chi connectivity index (χ0n) is 7.67. The van der Waals surface area contributed by atoms with Crippen LogP contribution in [0.1, 0.15) is 0 Å². The normalized spacial score (nSPS) is 8.43. The Morgan fingerprint density at radius 3 is 1.43 bits per heavy atom. The summed E-state index contributed by atoms with van der Waals surface area (Å²) in [5, 5.41) is 0. The van der Waals surface area contributed by atoms with E-state index in [0.29, 0.717) is 0 Å². The molecule has 2 aromatic heterocycles. The van der Waals surface area contributed by atoms with Crippen LogP contribution in [-0.2, 0) is 0 Å². The second-order valence-electron chi connectivity index (χ2n) is 2.43. The van der Waals surface area contributed by atoms with Crippen LogP contribution in [0, 0.1) is 12.8 Å². The molecule has 0 radical (unpaired) electrons. The number of rotatable bonds is 1. The third-order valence-electron chi connectivity index (χ3n) is 1.59. The predicted octanol–water partition coefficient (Wildman–Crippen LogP) is 2.39. The fourth-order valence-corrected chi connectivity index (χ4v) is 1.03. The third kappa shape index (κ3) is 2.43. The highest BCUT2D eigenvalue weighted by atomic mass is 14.7. The Bertz CT molecular complexity index is 341. The van der Waals surface area contributed by atoms with Crippen LogP contribution in [0.4, 0.5) is 0 Å². The molecule has 2 aromatic rings. The molecule has 0 spiro atoms. The summed E-state index contributed by atoms with van der Waals surface area (Å²) in [5.41, 5.74) is 1.83. The molecule has 0 aliphatic rings. The summed E-state index contributed by atoms with van der Waals surface area (Å²) in [4.78, 5) is 8.37. The van der Waals surface area contributed by atoms with Gasteiger partial charge in [0.1, 0.15) is 0 Å². The Labute approximate surface area is 83.7 Å². The molecule has 0 bridgehead atoms. The Kier molecular flexibility index (Phi) is 3.90. The van der Waals surface area contributed by atoms with E-state index in [2.05, 4.69) is 22.8 Å². The maximum absolute atomic E-state index is 4.19. The Hall–Kier alpha value is -2.14. The minimum absolute atomic E-state index is 0.915. The zero-order chi connectivity index (χ0) is 10.2. The third-order valence-corrected chi connectivity index (χ3v) is 1.59. The lowest BCUT2D eigenvalue weighted by Gasteiger charge is -1.96. The highest BCUT2D eigenvalue weighted by molar-refractivity contribution is 5.52. The van der Waals surface area contributed by atoms with Crippen molar-refractivity contribution >= 4 is 0 Å². The number of nitrogens with zero attached hydrogens (tertiary/aromatic N) is 2. The minimum Gasteiger partial charge on any atom is -0.255 e. The van der Waals surface area contributed by atoms with Crippen LogP contribution in [0.2, 0.25) is 0 Å². The highest BCUT2D eigenvalue weighted by Crippen LogP contribution is 2.10. The van der Waals surface area contributed by atoms with Gasteiger partial charge in [-0.2, -0.15) is 0 Å². The van der Waals surface area contributed by atoms with Crippen LogP contribution in [0.5, 0.6) is 0 Å². The summed E-state index contributed by atoms with van der Waals surface area (Å²) in [6.45, 7) is 0. The SMILES string of the molecule is C#C.c1ccc(-c2ccccn2)nc1. The van der Waals surface area contributed by atoms with Crippen molar-refractivity contribution in [2.45, 2.75) is 0 Å². The fraction of sp³-hybridized carbons (Fsp3) is 0. The number of pyridine rings is 2. The van der Waals surface area contributed by atoms with Crippen molar-refractivity contribution in [2.24, 2.45) is 0 Å². The van der Waals surface area contributed by atoms with Crippen molar-refractivity contribution in [2.75, 3.05) is 0 Å². The molecule has 2 rings (SSSR count). The van der Waals surface area contributed by atoms with E-state index in [1.54, 1.807) is 12.4 Å². The van der Waals surface area contributed by atoms with Gasteiger partial charge in [-0.3, -0.25) is 9.97 Å². The first-order valence-electron chi connectivity index (χ1n) is 4.12. The number of terminal acetylenes is 1. The van der Waals surface area contributed by atoms with E-state index in [4.69, 9.17) is 0 Å². The van der Waals surface area contributed by atoms with E-state index < -0.39 is 0 Å². The van der Waals surface area contributed by atoms with Crippen LogP contribution >= 0.6 is 0 Å². The molecular formula is C12H10N2. The molecule has 0 amide bonds. The van der Waals surface area contributed by atoms with E-state index in [0.717, 1.165) is 11.4 Å². The predicted molar refractivity (Wildman–Crippen MR) is 57.4 cm³/mol. The van der Waals surface area contributed by atoms with Crippen LogP contribution in [0.25, 0.3) is 11.4 Å². The summed E-state index contributed by atoms with van der Waals surface area (Å²) in [6, 6.07) is 11.6. The Morgan fingerprint density at radius 1 is 0.714 bits per heavy atom. The van der Waals surface area contributed by atoms with Crippen molar-refractivity contribution in [3.8, 4) is 24.2 Å². The molecule has 0 unspecified atom stereocenters. The number of aromatic nitrogens is 2. The molecule has 0 aliphatic heterocycles. The molecule has 0 atom stereocenters. The van der Waals surface area contributed by atoms with Crippen LogP contribution in [0.3, 0.4) is 0 Å². The first-order valence-corrected chi connectivity index (χ1v) is 4.12. The van der Waals surface area contributed by atoms with Crippen LogP contribution < -0.4 is 0 Å². The minimum atomic E-state index is 0.915. The molecule has 2 heterocycles. The summed E-state index contributed by atoms with van der Waals surface area (Å²) in [7, 11) is 0. The highest BCUT2D eigenvalue weighted by Gasteiger charge is 1.95. The van der Waals surface area contributed by atoms with E-state index in [-0.39, 0.29) is 0 Å². The van der Waals surface area contributed by atoms with Gasteiger partial charge in [0.05, 0.1) is 11.4 Å². The molecule has 0 saturated carbocycles. The quantitative estimate of drug-likeness (QED) is 0.633. The molecular weight excluding hydrogens is 172 g/mol. The van der Waals surface area contributed by atoms with Gasteiger partial charge in [0.2, 0.25) is 0 Å². The largest absolute Gasteiger partial charge is 0.255 e. The average Bonchev–Trinajstić information content (AvgIpc) is 2.34. The lowest BCUT2D eigenvalue weighted by molar-refractivity contribution is 1.25. The second kappa shape index (κ2) is 5.50. The average molecular weight is 182 g/mol. The second-order valence-corrected chi connectivity index (χ2v) is 2.43. The van der Waals surface area contributed by atoms with Crippen LogP contribution in [-0.4, -0.2) is 9.97 Å². The maximum Gasteiger partial charge on any atom is 0.0886 e. The van der Waals surface area contributed by atoms with Crippen molar-refractivity contribution < 1.29 is 0 Å². The van der Waals surface area contributed by atoms with Gasteiger partial charge in [0, 0.05) is 12.4 Å². The van der Waals surface area contributed by atoms with Gasteiger partial charge >= 0.3 is 0 Å². The van der Waals surface area contributed by atoms with Crippen LogP contribution in [0.15, 0.2) is 48.8 Å². The first kappa shape index (κ1) is 9.94. The fourth-order valence-electron chi connectivity index (χ4n) is 1.03. The molecule has 0 aromatic carbocycles. The lowest BCUT2D eigenvalue weighted by atomic mass is 10.2. The molecule has 2 heteroatoms. The van der Waals surface area contributed by atoms with Gasteiger partial charge in [-0.25, -0.2) is 0 Å². The summed E-state index contributed by atoms with van der Waals surface area (Å²) in [5.74, 6) is 0. The topological polar surface area (TPSA) is 25.8 Å². The first-order chi connectivity index (χ1) is 6.97. The van der Waals surface area contributed by atoms with E-state index >= 15 is 0 Å². The van der Waals surface area contributed by atoms with Gasteiger partial charge in [-0.15, -0.1) is 12.8 Å². The molecule has 0 N–H and O–H groups in total. The molecule has 0 saturated heterocycles. The maximum atomic E-state index is 4.19. The number of hydrogen-bond acceptors (Lipinski definition) is 2. The molecule has 0 fully saturated rings. The smallest absolute Gasteiger partial charge is 0.0886 e. The zero-order valence-corrected chi connectivity index (χ0v) is 7.67. The van der Waals surface area contributed by atoms with E-state index in [1.807, 2.05) is 36.4 Å². The lowest BCUT2D eigenvalue weighted by Crippen LogP contribution is -1.83. The molecule has 2 nitrogen and oxygen atoms in total. The Morgan fingerprint density at radius 2 is 1.14 bits per heavy atom. The standard InChI is InChI=1S/C10H8N2.C2H2/c1-3-7-11-9(5-1)10-6-2-4-8-12-10;1-2/h1-8H;1-2H. The van der Waals surface area contributed by atoms with Gasteiger partial charge in [0.25, 0.3) is 0 Å². The molecule has 14 heavy (non-hydrogen) atoms. The number of hydrogen-bond donors (Lipinski definition) is 0. The van der Waals surface area contributed by atoms with Crippen molar-refractivity contribution in [3.63, 3.8) is 0 Å². The molecule has 68 valence electrons. The Balaban J connectivity index is 0.000000461. The van der Waals surface area contributed by atoms with Gasteiger partial charge in [0.15, 0.2) is 0 Å². The van der Waals surface area contributed by atoms with Crippen molar-refractivity contribution in [1.29, 1.82) is 0 Å². The van der Waals surface area contributed by atoms with Gasteiger partial charge in [-0.1, -0.05) is 12.1 Å². The summed E-state index contributed by atoms with van der Waals surface area (Å²) < 4.78 is 0. The summed E-state index contributed by atoms with van der Waals surface area (Å²) >= 11 is 0. The van der Waals surface area contributed by atoms with Crippen molar-refractivity contribution in [3.05, 3.63) is 48.8 Å². The summed E-state index contributed by atoms with van der Waals surface area (Å²) in [6.07, 6.45) is 11.5. The van der Waals surface area contributed by atoms with Gasteiger partial charge < -0.3 is 0 Å².